The summed E-state index contributed by atoms with van der Waals surface area (Å²) in [6, 6.07) is -0.982. The standard InChI is InChI=1S/C20H25N7O7S2.2ClH/c1-25-3-5-26(6-4-25)20(32)34-7-10-8-35-17-13(16(29)27(17)14(10)18(30)31)23-15(28)12(24-33-2)11-9-36-19(21)22-11;;/h9,13,17H,3-8H2,1-2H3,(H2,21,22)(H,23,28)(H,30,31);2*1H/t13?,17-;;/m0../s1. The number of nitrogens with two attached hydrogens (primary N) is 1. The number of nitrogens with one attached hydrogen (secondary N) is 1. The molecule has 4 heterocycles. The lowest BCUT2D eigenvalue weighted by molar-refractivity contribution is -0.150. The van der Waals surface area contributed by atoms with Crippen LogP contribution in [0, 0.1) is 0 Å². The van der Waals surface area contributed by atoms with Crippen LogP contribution in [0.2, 0.25) is 0 Å². The number of β-lactam (4-membered cyclic amide) rings is 1. The number of hydrogen-bond donors (Lipinski definition) is 3. The molecule has 0 saturated carbocycles. The van der Waals surface area contributed by atoms with Crippen molar-refractivity contribution < 1.29 is 33.9 Å². The number of thiazole rings is 1. The second-order valence-corrected chi connectivity index (χ2v) is 10.2. The van der Waals surface area contributed by atoms with Gasteiger partial charge in [0.2, 0.25) is 0 Å². The number of hydrogen-bond acceptors (Lipinski definition) is 12. The van der Waals surface area contributed by atoms with Gasteiger partial charge in [-0.15, -0.1) is 47.9 Å². The second kappa shape index (κ2) is 13.3. The van der Waals surface area contributed by atoms with Crippen LogP contribution < -0.4 is 11.1 Å². The zero-order valence-electron chi connectivity index (χ0n) is 20.3. The van der Waals surface area contributed by atoms with Crippen LogP contribution in [0.5, 0.6) is 0 Å². The quantitative estimate of drug-likeness (QED) is 0.215. The number of rotatable bonds is 7. The molecule has 3 amide bonds. The van der Waals surface area contributed by atoms with E-state index in [1.807, 2.05) is 7.05 Å². The van der Waals surface area contributed by atoms with E-state index in [1.54, 1.807) is 4.90 Å². The highest BCUT2D eigenvalue weighted by Crippen LogP contribution is 2.40. The average molecular weight is 613 g/mol. The van der Waals surface area contributed by atoms with E-state index < -0.39 is 35.3 Å². The summed E-state index contributed by atoms with van der Waals surface area (Å²) < 4.78 is 5.36. The number of carboxylic acids is 1. The second-order valence-electron chi connectivity index (χ2n) is 8.16. The van der Waals surface area contributed by atoms with Crippen molar-refractivity contribution >= 4 is 82.6 Å². The molecule has 0 spiro atoms. The number of thioether (sulfide) groups is 1. The number of likely N-dealkylation sites (N-methyl/N-ethyl adjacent to an activating group) is 1. The Hall–Kier alpha value is -2.79. The summed E-state index contributed by atoms with van der Waals surface area (Å²) in [5.41, 5.74) is 5.72. The van der Waals surface area contributed by atoms with Gasteiger partial charge in [-0.05, 0) is 7.05 Å². The van der Waals surface area contributed by atoms with Crippen molar-refractivity contribution in [2.24, 2.45) is 5.16 Å². The zero-order valence-corrected chi connectivity index (χ0v) is 23.6. The fourth-order valence-corrected chi connectivity index (χ4v) is 5.80. The van der Waals surface area contributed by atoms with Crippen LogP contribution in [-0.2, 0) is 24.0 Å². The highest BCUT2D eigenvalue weighted by atomic mass is 35.5. The number of aliphatic carboxylic acids is 1. The van der Waals surface area contributed by atoms with Gasteiger partial charge in [0, 0.05) is 42.9 Å². The van der Waals surface area contributed by atoms with E-state index in [1.165, 1.54) is 24.3 Å². The lowest BCUT2D eigenvalue weighted by Gasteiger charge is -2.49. The first-order valence-electron chi connectivity index (χ1n) is 10.8. The van der Waals surface area contributed by atoms with Gasteiger partial charge in [0.1, 0.15) is 36.5 Å². The Kier molecular flexibility index (Phi) is 11.0. The number of aromatic nitrogens is 1. The molecular weight excluding hydrogens is 585 g/mol. The minimum absolute atomic E-state index is 0. The van der Waals surface area contributed by atoms with Gasteiger partial charge < -0.3 is 35.5 Å². The van der Waals surface area contributed by atoms with E-state index in [9.17, 15) is 24.3 Å². The largest absolute Gasteiger partial charge is 0.477 e. The van der Waals surface area contributed by atoms with E-state index in [2.05, 4.69) is 20.4 Å². The number of anilines is 1. The summed E-state index contributed by atoms with van der Waals surface area (Å²) in [5.74, 6) is -2.42. The van der Waals surface area contributed by atoms with Gasteiger partial charge >= 0.3 is 12.1 Å². The highest BCUT2D eigenvalue weighted by molar-refractivity contribution is 8.00. The number of halogens is 2. The van der Waals surface area contributed by atoms with Crippen molar-refractivity contribution in [2.45, 2.75) is 11.4 Å². The molecule has 2 saturated heterocycles. The number of carbonyl (C=O) groups excluding carboxylic acids is 3. The molecule has 1 aromatic heterocycles. The smallest absolute Gasteiger partial charge is 0.410 e. The van der Waals surface area contributed by atoms with Crippen molar-refractivity contribution in [3.8, 4) is 0 Å². The van der Waals surface area contributed by atoms with Crippen LogP contribution in [0.25, 0.3) is 0 Å². The van der Waals surface area contributed by atoms with Gasteiger partial charge in [0.05, 0.1) is 0 Å². The molecule has 38 heavy (non-hydrogen) atoms. The molecule has 1 aromatic rings. The normalized spacial score (nSPS) is 21.4. The van der Waals surface area contributed by atoms with Crippen molar-refractivity contribution in [3.05, 3.63) is 22.3 Å². The molecule has 0 radical (unpaired) electrons. The van der Waals surface area contributed by atoms with E-state index in [-0.39, 0.29) is 59.4 Å². The third-order valence-electron chi connectivity index (χ3n) is 5.83. The molecular formula is C20H27Cl2N7O7S2. The Bertz CT molecular complexity index is 1140. The average Bonchev–Trinajstić information content (AvgIpc) is 3.29. The Morgan fingerprint density at radius 3 is 2.53 bits per heavy atom. The number of fused-ring (bicyclic) bond motifs is 1. The first-order valence-corrected chi connectivity index (χ1v) is 12.8. The number of carbonyl (C=O) groups is 4. The Balaban J connectivity index is 0.00000253. The lowest BCUT2D eigenvalue weighted by Crippen LogP contribution is -2.71. The molecule has 18 heteroatoms. The van der Waals surface area contributed by atoms with E-state index in [0.717, 1.165) is 29.3 Å². The molecule has 3 aliphatic rings. The molecule has 4 rings (SSSR count). The molecule has 3 aliphatic heterocycles. The third-order valence-corrected chi connectivity index (χ3v) is 7.84. The fourth-order valence-electron chi connectivity index (χ4n) is 3.93. The minimum Gasteiger partial charge on any atom is -0.477 e. The number of amides is 3. The van der Waals surface area contributed by atoms with E-state index in [0.29, 0.717) is 18.7 Å². The number of carboxylic acid groups (broad SMARTS) is 1. The molecule has 2 fully saturated rings. The first-order chi connectivity index (χ1) is 17.2. The summed E-state index contributed by atoms with van der Waals surface area (Å²) in [4.78, 5) is 63.7. The molecule has 0 aliphatic carbocycles. The van der Waals surface area contributed by atoms with Crippen molar-refractivity contribution in [3.63, 3.8) is 0 Å². The van der Waals surface area contributed by atoms with Crippen LogP contribution >= 0.6 is 47.9 Å². The third kappa shape index (κ3) is 6.43. The molecule has 0 bridgehead atoms. The predicted octanol–water partition coefficient (Wildman–Crippen LogP) is 0.0420. The van der Waals surface area contributed by atoms with Gasteiger partial charge in [-0.3, -0.25) is 14.5 Å². The maximum atomic E-state index is 12.9. The number of ether oxygens (including phenoxy) is 1. The molecule has 0 aromatic carbocycles. The topological polar surface area (TPSA) is 180 Å². The van der Waals surface area contributed by atoms with Crippen LogP contribution in [0.3, 0.4) is 0 Å². The van der Waals surface area contributed by atoms with Crippen LogP contribution in [0.15, 0.2) is 21.8 Å². The molecule has 1 unspecified atom stereocenters. The maximum absolute atomic E-state index is 12.9. The Morgan fingerprint density at radius 1 is 1.26 bits per heavy atom. The number of nitrogens with zero attached hydrogens (tertiary/aromatic N) is 5. The van der Waals surface area contributed by atoms with E-state index >= 15 is 0 Å². The van der Waals surface area contributed by atoms with Gasteiger partial charge in [-0.2, -0.15) is 0 Å². The van der Waals surface area contributed by atoms with Gasteiger partial charge in [-0.25, -0.2) is 14.6 Å². The molecule has 14 nitrogen and oxygen atoms in total. The maximum Gasteiger partial charge on any atom is 0.410 e. The predicted molar refractivity (Wildman–Crippen MR) is 145 cm³/mol. The summed E-state index contributed by atoms with van der Waals surface area (Å²) in [5, 5.41) is 17.2. The summed E-state index contributed by atoms with van der Waals surface area (Å²) in [6.07, 6.45) is -0.528. The van der Waals surface area contributed by atoms with Crippen molar-refractivity contribution in [1.29, 1.82) is 0 Å². The lowest BCUT2D eigenvalue weighted by atomic mass is 10.0. The van der Waals surface area contributed by atoms with Crippen molar-refractivity contribution in [2.75, 3.05) is 58.4 Å². The van der Waals surface area contributed by atoms with Crippen LogP contribution in [0.1, 0.15) is 5.69 Å². The van der Waals surface area contributed by atoms with Gasteiger partial charge in [0.15, 0.2) is 10.8 Å². The SMILES string of the molecule is CON=C(C(=O)NC1C(=O)N2C(C(=O)O)=C(COC(=O)N3CCN(C)CC3)CS[C@@H]12)c1csc(N)n1.Cl.Cl. The molecule has 2 atom stereocenters. The number of oxime groups is 1. The Morgan fingerprint density at radius 2 is 1.95 bits per heavy atom. The fraction of sp³-hybridized carbons (Fsp3) is 0.500. The van der Waals surface area contributed by atoms with Crippen molar-refractivity contribution in [1.82, 2.24) is 25.0 Å². The van der Waals surface area contributed by atoms with E-state index in [4.69, 9.17) is 15.3 Å². The summed E-state index contributed by atoms with van der Waals surface area (Å²) >= 11 is 2.37. The highest BCUT2D eigenvalue weighted by Gasteiger charge is 2.54. The molecule has 210 valence electrons. The zero-order chi connectivity index (χ0) is 26.0. The number of piperazine rings is 1. The van der Waals surface area contributed by atoms with Gasteiger partial charge in [-0.1, -0.05) is 5.16 Å². The number of nitrogen functional groups attached to an aromatic ring is 1. The van der Waals surface area contributed by atoms with Gasteiger partial charge in [0.25, 0.3) is 11.8 Å². The summed E-state index contributed by atoms with van der Waals surface area (Å²) in [7, 11) is 3.22. The Labute approximate surface area is 238 Å². The first kappa shape index (κ1) is 31.4. The summed E-state index contributed by atoms with van der Waals surface area (Å²) in [6.45, 7) is 2.23. The van der Waals surface area contributed by atoms with Crippen LogP contribution in [-0.4, -0.2) is 118 Å². The minimum atomic E-state index is -1.32. The molecule has 4 N–H and O–H groups in total. The van der Waals surface area contributed by atoms with Crippen LogP contribution in [0.4, 0.5) is 9.93 Å². The monoisotopic (exact) mass is 611 g/mol.